The standard InChI is InChI=1S/C16H22N2O3S/c1-12-11-14(21-18-12)9-10-17-22(19,20)15-7-5-13(6-8-15)16(2,3)4/h5-8,11,17H,9-10H2,1-4H3. The van der Waals surface area contributed by atoms with Crippen molar-refractivity contribution in [3.05, 3.63) is 47.3 Å². The summed E-state index contributed by atoms with van der Waals surface area (Å²) >= 11 is 0. The summed E-state index contributed by atoms with van der Waals surface area (Å²) in [5.74, 6) is 0.670. The molecule has 0 bridgehead atoms. The summed E-state index contributed by atoms with van der Waals surface area (Å²) < 4.78 is 32.1. The number of sulfonamides is 1. The number of hydrogen-bond donors (Lipinski definition) is 1. The van der Waals surface area contributed by atoms with Crippen molar-refractivity contribution in [1.82, 2.24) is 9.88 Å². The molecule has 1 N–H and O–H groups in total. The van der Waals surface area contributed by atoms with E-state index in [-0.39, 0.29) is 16.9 Å². The van der Waals surface area contributed by atoms with Crippen LogP contribution in [0.5, 0.6) is 0 Å². The molecular weight excluding hydrogens is 300 g/mol. The van der Waals surface area contributed by atoms with Gasteiger partial charge in [-0.3, -0.25) is 0 Å². The first kappa shape index (κ1) is 16.7. The molecule has 0 unspecified atom stereocenters. The number of nitrogens with one attached hydrogen (secondary N) is 1. The van der Waals surface area contributed by atoms with Gasteiger partial charge in [-0.1, -0.05) is 38.1 Å². The second-order valence-corrected chi connectivity index (χ2v) is 8.12. The Kier molecular flexibility index (Phi) is 4.72. The van der Waals surface area contributed by atoms with E-state index in [1.165, 1.54) is 0 Å². The Morgan fingerprint density at radius 2 is 1.82 bits per heavy atom. The molecule has 0 atom stereocenters. The van der Waals surface area contributed by atoms with E-state index in [4.69, 9.17) is 4.52 Å². The quantitative estimate of drug-likeness (QED) is 0.919. The molecule has 5 nitrogen and oxygen atoms in total. The van der Waals surface area contributed by atoms with Gasteiger partial charge < -0.3 is 4.52 Å². The first-order valence-corrected chi connectivity index (χ1v) is 8.69. The zero-order valence-corrected chi connectivity index (χ0v) is 14.2. The van der Waals surface area contributed by atoms with Gasteiger partial charge >= 0.3 is 0 Å². The van der Waals surface area contributed by atoms with Gasteiger partial charge in [0.05, 0.1) is 10.6 Å². The van der Waals surface area contributed by atoms with Crippen LogP contribution in [0.15, 0.2) is 39.8 Å². The Morgan fingerprint density at radius 1 is 1.18 bits per heavy atom. The van der Waals surface area contributed by atoms with E-state index < -0.39 is 10.0 Å². The fraction of sp³-hybridized carbons (Fsp3) is 0.438. The molecule has 2 rings (SSSR count). The minimum absolute atomic E-state index is 0.000132. The molecule has 0 saturated carbocycles. The predicted molar refractivity (Wildman–Crippen MR) is 85.3 cm³/mol. The van der Waals surface area contributed by atoms with E-state index >= 15 is 0 Å². The van der Waals surface area contributed by atoms with Crippen molar-refractivity contribution in [2.45, 2.75) is 44.4 Å². The van der Waals surface area contributed by atoms with E-state index in [1.54, 1.807) is 18.2 Å². The molecule has 0 aliphatic carbocycles. The zero-order valence-electron chi connectivity index (χ0n) is 13.4. The average molecular weight is 322 g/mol. The molecule has 6 heteroatoms. The highest BCUT2D eigenvalue weighted by molar-refractivity contribution is 7.89. The SMILES string of the molecule is Cc1cc(CCNS(=O)(=O)c2ccc(C(C)(C)C)cc2)on1. The van der Waals surface area contributed by atoms with E-state index in [0.29, 0.717) is 12.2 Å². The molecule has 0 radical (unpaired) electrons. The van der Waals surface area contributed by atoms with Crippen molar-refractivity contribution in [3.8, 4) is 0 Å². The minimum atomic E-state index is -3.50. The van der Waals surface area contributed by atoms with Crippen LogP contribution in [0, 0.1) is 6.92 Å². The molecule has 0 amide bonds. The van der Waals surface area contributed by atoms with Crippen LogP contribution in [0.2, 0.25) is 0 Å². The highest BCUT2D eigenvalue weighted by Gasteiger charge is 2.17. The van der Waals surface area contributed by atoms with Crippen molar-refractivity contribution >= 4 is 10.0 Å². The fourth-order valence-electron chi connectivity index (χ4n) is 2.06. The maximum absolute atomic E-state index is 12.2. The van der Waals surface area contributed by atoms with Gasteiger partial charge in [0.2, 0.25) is 10.0 Å². The van der Waals surface area contributed by atoms with Crippen LogP contribution in [0.25, 0.3) is 0 Å². The van der Waals surface area contributed by atoms with Gasteiger partial charge in [0.1, 0.15) is 5.76 Å². The van der Waals surface area contributed by atoms with E-state index in [0.717, 1.165) is 11.3 Å². The van der Waals surface area contributed by atoms with E-state index in [9.17, 15) is 8.42 Å². The third-order valence-corrected chi connectivity index (χ3v) is 4.85. The molecule has 1 aromatic carbocycles. The van der Waals surface area contributed by atoms with Crippen LogP contribution < -0.4 is 4.72 Å². The van der Waals surface area contributed by atoms with Crippen molar-refractivity contribution in [2.24, 2.45) is 0 Å². The van der Waals surface area contributed by atoms with E-state index in [2.05, 4.69) is 30.6 Å². The summed E-state index contributed by atoms with van der Waals surface area (Å²) in [4.78, 5) is 0.272. The van der Waals surface area contributed by atoms with Crippen molar-refractivity contribution in [2.75, 3.05) is 6.54 Å². The number of hydrogen-bond acceptors (Lipinski definition) is 4. The smallest absolute Gasteiger partial charge is 0.240 e. The Bertz CT molecular complexity index is 725. The number of aryl methyl sites for hydroxylation is 1. The maximum atomic E-state index is 12.2. The first-order valence-electron chi connectivity index (χ1n) is 7.21. The summed E-state index contributed by atoms with van der Waals surface area (Å²) in [5, 5.41) is 3.77. The number of rotatable bonds is 5. The van der Waals surface area contributed by atoms with Crippen LogP contribution in [0.4, 0.5) is 0 Å². The summed E-state index contributed by atoms with van der Waals surface area (Å²) in [6.45, 7) is 8.38. The number of aromatic nitrogens is 1. The molecule has 0 saturated heterocycles. The first-order chi connectivity index (χ1) is 10.2. The second-order valence-electron chi connectivity index (χ2n) is 6.36. The molecule has 0 fully saturated rings. The van der Waals surface area contributed by atoms with Gasteiger partial charge in [0.25, 0.3) is 0 Å². The third kappa shape index (κ3) is 4.18. The molecule has 22 heavy (non-hydrogen) atoms. The largest absolute Gasteiger partial charge is 0.361 e. The minimum Gasteiger partial charge on any atom is -0.361 e. The molecular formula is C16H22N2O3S. The van der Waals surface area contributed by atoms with Gasteiger partial charge in [-0.05, 0) is 30.0 Å². The third-order valence-electron chi connectivity index (χ3n) is 3.37. The summed E-state index contributed by atoms with van der Waals surface area (Å²) in [6.07, 6.45) is 0.472. The van der Waals surface area contributed by atoms with Crippen LogP contribution in [0.3, 0.4) is 0 Å². The number of benzene rings is 1. The Labute approximate surface area is 131 Å². The summed E-state index contributed by atoms with van der Waals surface area (Å²) in [6, 6.07) is 8.79. The highest BCUT2D eigenvalue weighted by Crippen LogP contribution is 2.23. The molecule has 0 aliphatic rings. The lowest BCUT2D eigenvalue weighted by Gasteiger charge is -2.19. The van der Waals surface area contributed by atoms with Gasteiger partial charge in [-0.25, -0.2) is 13.1 Å². The molecule has 120 valence electrons. The van der Waals surface area contributed by atoms with Gasteiger partial charge in [-0.2, -0.15) is 0 Å². The normalized spacial score (nSPS) is 12.5. The topological polar surface area (TPSA) is 72.2 Å². The second kappa shape index (κ2) is 6.22. The van der Waals surface area contributed by atoms with E-state index in [1.807, 2.05) is 19.1 Å². The van der Waals surface area contributed by atoms with Gasteiger partial charge in [-0.15, -0.1) is 0 Å². The van der Waals surface area contributed by atoms with Gasteiger partial charge in [0.15, 0.2) is 0 Å². The van der Waals surface area contributed by atoms with Crippen molar-refractivity contribution < 1.29 is 12.9 Å². The zero-order chi connectivity index (χ0) is 16.4. The van der Waals surface area contributed by atoms with Crippen LogP contribution in [0.1, 0.15) is 37.8 Å². The van der Waals surface area contributed by atoms with Gasteiger partial charge in [0, 0.05) is 19.0 Å². The molecule has 2 aromatic rings. The molecule has 0 spiro atoms. The molecule has 1 heterocycles. The fourth-order valence-corrected chi connectivity index (χ4v) is 3.09. The molecule has 0 aliphatic heterocycles. The van der Waals surface area contributed by atoms with Crippen LogP contribution in [-0.2, 0) is 21.9 Å². The maximum Gasteiger partial charge on any atom is 0.240 e. The lowest BCUT2D eigenvalue weighted by molar-refractivity contribution is 0.379. The average Bonchev–Trinajstić information content (AvgIpc) is 2.83. The highest BCUT2D eigenvalue weighted by atomic mass is 32.2. The van der Waals surface area contributed by atoms with Crippen molar-refractivity contribution in [1.29, 1.82) is 0 Å². The Balaban J connectivity index is 2.00. The lowest BCUT2D eigenvalue weighted by Crippen LogP contribution is -2.26. The van der Waals surface area contributed by atoms with Crippen LogP contribution in [-0.4, -0.2) is 20.1 Å². The Morgan fingerprint density at radius 3 is 2.32 bits per heavy atom. The van der Waals surface area contributed by atoms with Crippen LogP contribution >= 0.6 is 0 Å². The monoisotopic (exact) mass is 322 g/mol. The van der Waals surface area contributed by atoms with Crippen molar-refractivity contribution in [3.63, 3.8) is 0 Å². The lowest BCUT2D eigenvalue weighted by atomic mass is 9.87. The summed E-state index contributed by atoms with van der Waals surface area (Å²) in [7, 11) is -3.50. The number of nitrogens with zero attached hydrogens (tertiary/aromatic N) is 1. The molecule has 1 aromatic heterocycles. The Hall–Kier alpha value is -1.66. The predicted octanol–water partition coefficient (Wildman–Crippen LogP) is 2.80. The summed E-state index contributed by atoms with van der Waals surface area (Å²) in [5.41, 5.74) is 1.89.